The number of aliphatic hydroxyl groups excluding tert-OH is 1. The number of carbonyl (C=O) groups excluding carboxylic acids is 1. The maximum absolute atomic E-state index is 11.9. The number of aliphatic hydroxyl groups is 1. The summed E-state index contributed by atoms with van der Waals surface area (Å²) >= 11 is 0. The lowest BCUT2D eigenvalue weighted by Crippen LogP contribution is -2.39. The van der Waals surface area contributed by atoms with E-state index in [-0.39, 0.29) is 29.9 Å². The van der Waals surface area contributed by atoms with Crippen LogP contribution < -0.4 is 10.6 Å². The van der Waals surface area contributed by atoms with E-state index in [1.165, 1.54) is 0 Å². The molecule has 158 valence electrons. The number of aryl methyl sites for hydroxylation is 1. The van der Waals surface area contributed by atoms with Gasteiger partial charge in [0.25, 0.3) is 5.91 Å². The second-order valence-electron chi connectivity index (χ2n) is 6.90. The Kier molecular flexibility index (Phi) is 10.7. The SMILES string of the molecule is CCNC(=NCc1ccc(C(=O)N(C)C)cc1)NCC(O)c1ccc(C)cc1.I. The Hall–Kier alpha value is -2.13. The standard InChI is InChI=1S/C22H30N4O2.HI/c1-5-23-22(25-15-20(27)18-10-6-16(2)7-11-18)24-14-17-8-12-19(13-9-17)21(28)26(3)4;/h6-13,20,27H,5,14-15H2,1-4H3,(H2,23,24,25);1H. The third kappa shape index (κ3) is 8.02. The number of amides is 1. The second-order valence-corrected chi connectivity index (χ2v) is 6.90. The van der Waals surface area contributed by atoms with Gasteiger partial charge in [0.05, 0.1) is 12.6 Å². The molecule has 1 atom stereocenters. The van der Waals surface area contributed by atoms with Gasteiger partial charge in [-0.15, -0.1) is 24.0 Å². The Morgan fingerprint density at radius 3 is 2.24 bits per heavy atom. The first-order chi connectivity index (χ1) is 13.4. The first-order valence-corrected chi connectivity index (χ1v) is 9.48. The number of hydrogen-bond acceptors (Lipinski definition) is 3. The summed E-state index contributed by atoms with van der Waals surface area (Å²) in [5.41, 5.74) is 3.70. The highest BCUT2D eigenvalue weighted by molar-refractivity contribution is 14.0. The van der Waals surface area contributed by atoms with Gasteiger partial charge in [-0.1, -0.05) is 42.0 Å². The van der Waals surface area contributed by atoms with Crippen LogP contribution in [0.25, 0.3) is 0 Å². The number of aliphatic imine (C=N–C) groups is 1. The van der Waals surface area contributed by atoms with E-state index < -0.39 is 6.10 Å². The van der Waals surface area contributed by atoms with Crippen LogP contribution in [0.2, 0.25) is 0 Å². The number of nitrogens with one attached hydrogen (secondary N) is 2. The third-order valence-corrected chi connectivity index (χ3v) is 4.30. The van der Waals surface area contributed by atoms with Crippen LogP contribution in [0.4, 0.5) is 0 Å². The van der Waals surface area contributed by atoms with Crippen molar-refractivity contribution in [3.05, 3.63) is 70.8 Å². The summed E-state index contributed by atoms with van der Waals surface area (Å²) in [6, 6.07) is 15.3. The van der Waals surface area contributed by atoms with E-state index in [1.807, 2.05) is 62.4 Å². The van der Waals surface area contributed by atoms with Gasteiger partial charge in [-0.25, -0.2) is 4.99 Å². The molecule has 0 aliphatic rings. The first-order valence-electron chi connectivity index (χ1n) is 9.48. The van der Waals surface area contributed by atoms with E-state index in [2.05, 4.69) is 15.6 Å². The van der Waals surface area contributed by atoms with Gasteiger partial charge in [-0.05, 0) is 37.1 Å². The zero-order valence-corrected chi connectivity index (χ0v) is 19.8. The fourth-order valence-electron chi connectivity index (χ4n) is 2.62. The zero-order chi connectivity index (χ0) is 20.5. The first kappa shape index (κ1) is 24.9. The fraction of sp³-hybridized carbons (Fsp3) is 0.364. The number of carbonyl (C=O) groups is 1. The van der Waals surface area contributed by atoms with Gasteiger partial charge in [0.1, 0.15) is 0 Å². The fourth-order valence-corrected chi connectivity index (χ4v) is 2.62. The highest BCUT2D eigenvalue weighted by atomic mass is 127. The van der Waals surface area contributed by atoms with Crippen LogP contribution in [-0.2, 0) is 6.54 Å². The molecule has 0 bridgehead atoms. The smallest absolute Gasteiger partial charge is 0.253 e. The highest BCUT2D eigenvalue weighted by Gasteiger charge is 2.09. The molecule has 0 spiro atoms. The minimum absolute atomic E-state index is 0. The molecule has 7 heteroatoms. The molecule has 0 aliphatic heterocycles. The molecule has 0 saturated carbocycles. The van der Waals surface area contributed by atoms with Crippen LogP contribution in [0.5, 0.6) is 0 Å². The summed E-state index contributed by atoms with van der Waals surface area (Å²) in [7, 11) is 3.47. The minimum atomic E-state index is -0.610. The predicted molar refractivity (Wildman–Crippen MR) is 129 cm³/mol. The second kappa shape index (κ2) is 12.4. The molecular formula is C22H31IN4O2. The van der Waals surface area contributed by atoms with E-state index >= 15 is 0 Å². The molecular weight excluding hydrogens is 479 g/mol. The molecule has 6 nitrogen and oxygen atoms in total. The lowest BCUT2D eigenvalue weighted by atomic mass is 10.1. The van der Waals surface area contributed by atoms with Crippen LogP contribution >= 0.6 is 24.0 Å². The van der Waals surface area contributed by atoms with Crippen molar-refractivity contribution < 1.29 is 9.90 Å². The van der Waals surface area contributed by atoms with Crippen molar-refractivity contribution in [2.75, 3.05) is 27.2 Å². The minimum Gasteiger partial charge on any atom is -0.387 e. The average molecular weight is 510 g/mol. The lowest BCUT2D eigenvalue weighted by molar-refractivity contribution is 0.0827. The Labute approximate surface area is 190 Å². The third-order valence-electron chi connectivity index (χ3n) is 4.30. The summed E-state index contributed by atoms with van der Waals surface area (Å²) in [6.45, 7) is 5.59. The van der Waals surface area contributed by atoms with E-state index in [1.54, 1.807) is 19.0 Å². The maximum Gasteiger partial charge on any atom is 0.253 e. The van der Waals surface area contributed by atoms with Gasteiger partial charge in [-0.3, -0.25) is 4.79 Å². The van der Waals surface area contributed by atoms with E-state index in [4.69, 9.17) is 0 Å². The molecule has 0 aliphatic carbocycles. The van der Waals surface area contributed by atoms with E-state index in [0.29, 0.717) is 24.6 Å². The summed E-state index contributed by atoms with van der Waals surface area (Å²) in [6.07, 6.45) is -0.610. The zero-order valence-electron chi connectivity index (χ0n) is 17.5. The van der Waals surface area contributed by atoms with Gasteiger partial charge in [0, 0.05) is 32.7 Å². The number of nitrogens with zero attached hydrogens (tertiary/aromatic N) is 2. The molecule has 2 aromatic rings. The van der Waals surface area contributed by atoms with Gasteiger partial charge >= 0.3 is 0 Å². The Balaban J connectivity index is 0.00000420. The summed E-state index contributed by atoms with van der Waals surface area (Å²) < 4.78 is 0. The van der Waals surface area contributed by atoms with Crippen LogP contribution in [-0.4, -0.2) is 49.1 Å². The maximum atomic E-state index is 11.9. The average Bonchev–Trinajstić information content (AvgIpc) is 2.70. The quantitative estimate of drug-likeness (QED) is 0.304. The topological polar surface area (TPSA) is 77.0 Å². The number of hydrogen-bond donors (Lipinski definition) is 3. The monoisotopic (exact) mass is 510 g/mol. The Bertz CT molecular complexity index is 789. The molecule has 1 unspecified atom stereocenters. The molecule has 0 aromatic heterocycles. The van der Waals surface area contributed by atoms with Crippen molar-refractivity contribution in [1.82, 2.24) is 15.5 Å². The van der Waals surface area contributed by atoms with Gasteiger partial charge in [0.2, 0.25) is 0 Å². The van der Waals surface area contributed by atoms with Crippen LogP contribution in [0.3, 0.4) is 0 Å². The Morgan fingerprint density at radius 2 is 1.69 bits per heavy atom. The number of benzene rings is 2. The van der Waals surface area contributed by atoms with Crippen molar-refractivity contribution in [1.29, 1.82) is 0 Å². The summed E-state index contributed by atoms with van der Waals surface area (Å²) in [5.74, 6) is 0.622. The largest absolute Gasteiger partial charge is 0.387 e. The van der Waals surface area contributed by atoms with Gasteiger partial charge < -0.3 is 20.6 Å². The number of halogens is 1. The van der Waals surface area contributed by atoms with Crippen molar-refractivity contribution in [3.8, 4) is 0 Å². The molecule has 2 rings (SSSR count). The van der Waals surface area contributed by atoms with Crippen molar-refractivity contribution in [3.63, 3.8) is 0 Å². The number of rotatable bonds is 7. The lowest BCUT2D eigenvalue weighted by Gasteiger charge is -2.16. The molecule has 0 heterocycles. The van der Waals surface area contributed by atoms with E-state index in [9.17, 15) is 9.90 Å². The molecule has 1 amide bonds. The summed E-state index contributed by atoms with van der Waals surface area (Å²) in [5, 5.41) is 16.7. The normalized spacial score (nSPS) is 12.0. The van der Waals surface area contributed by atoms with Crippen LogP contribution in [0, 0.1) is 6.92 Å². The van der Waals surface area contributed by atoms with E-state index in [0.717, 1.165) is 23.2 Å². The van der Waals surface area contributed by atoms with Crippen LogP contribution in [0.1, 0.15) is 40.1 Å². The van der Waals surface area contributed by atoms with Gasteiger partial charge in [-0.2, -0.15) is 0 Å². The van der Waals surface area contributed by atoms with Crippen molar-refractivity contribution in [2.45, 2.75) is 26.5 Å². The van der Waals surface area contributed by atoms with Crippen molar-refractivity contribution >= 4 is 35.8 Å². The van der Waals surface area contributed by atoms with Crippen LogP contribution in [0.15, 0.2) is 53.5 Å². The Morgan fingerprint density at radius 1 is 1.07 bits per heavy atom. The summed E-state index contributed by atoms with van der Waals surface area (Å²) in [4.78, 5) is 18.1. The molecule has 3 N–H and O–H groups in total. The predicted octanol–water partition coefficient (Wildman–Crippen LogP) is 3.10. The highest BCUT2D eigenvalue weighted by Crippen LogP contribution is 2.12. The van der Waals surface area contributed by atoms with Crippen molar-refractivity contribution in [2.24, 2.45) is 4.99 Å². The van der Waals surface area contributed by atoms with Gasteiger partial charge in [0.15, 0.2) is 5.96 Å². The molecule has 2 aromatic carbocycles. The molecule has 0 saturated heterocycles. The number of guanidine groups is 1. The molecule has 0 radical (unpaired) electrons. The molecule has 0 fully saturated rings. The molecule has 29 heavy (non-hydrogen) atoms.